The van der Waals surface area contributed by atoms with Crippen LogP contribution in [-0.4, -0.2) is 44.2 Å². The third-order valence-electron chi connectivity index (χ3n) is 6.89. The highest BCUT2D eigenvalue weighted by atomic mass is 35.5. The standard InChI is InChI=1S/C27H29ClN2O.ClH/c28-25-12-6-7-13-26(25)30-18-16-29(17-19-30)15-14-27(23-9-2-1-3-10-23)21-31-20-22-8-4-5-11-24(22)27;/h1-13H,14-21H2;1H. The van der Waals surface area contributed by atoms with Gasteiger partial charge in [0.2, 0.25) is 0 Å². The van der Waals surface area contributed by atoms with Gasteiger partial charge in [0.05, 0.1) is 23.9 Å². The lowest BCUT2D eigenvalue weighted by Gasteiger charge is -2.42. The average molecular weight is 469 g/mol. The molecule has 0 bridgehead atoms. The Balaban J connectivity index is 0.00000245. The number of hydrogen-bond donors (Lipinski definition) is 0. The van der Waals surface area contributed by atoms with Crippen LogP contribution in [0.15, 0.2) is 78.9 Å². The molecular weight excluding hydrogens is 439 g/mol. The summed E-state index contributed by atoms with van der Waals surface area (Å²) in [4.78, 5) is 5.00. The molecule has 5 rings (SSSR count). The first-order chi connectivity index (χ1) is 15.3. The summed E-state index contributed by atoms with van der Waals surface area (Å²) in [5.74, 6) is 0. The predicted molar refractivity (Wildman–Crippen MR) is 135 cm³/mol. The minimum Gasteiger partial charge on any atom is -0.375 e. The molecule has 0 aromatic heterocycles. The molecular formula is C27H30Cl2N2O. The molecule has 0 N–H and O–H groups in total. The molecule has 0 amide bonds. The van der Waals surface area contributed by atoms with Gasteiger partial charge in [-0.25, -0.2) is 0 Å². The molecule has 3 aromatic carbocycles. The van der Waals surface area contributed by atoms with Gasteiger partial charge in [0.25, 0.3) is 0 Å². The first kappa shape index (κ1) is 23.1. The smallest absolute Gasteiger partial charge is 0.0720 e. The largest absolute Gasteiger partial charge is 0.375 e. The summed E-state index contributed by atoms with van der Waals surface area (Å²) in [6.07, 6.45) is 1.06. The summed E-state index contributed by atoms with van der Waals surface area (Å²) in [6.45, 7) is 6.64. The highest BCUT2D eigenvalue weighted by Gasteiger charge is 2.39. The molecule has 3 nitrogen and oxygen atoms in total. The lowest BCUT2D eigenvalue weighted by Crippen LogP contribution is -2.48. The summed E-state index contributed by atoms with van der Waals surface area (Å²) >= 11 is 6.42. The van der Waals surface area contributed by atoms with Crippen LogP contribution >= 0.6 is 24.0 Å². The van der Waals surface area contributed by atoms with Gasteiger partial charge >= 0.3 is 0 Å². The number of piperazine rings is 1. The van der Waals surface area contributed by atoms with Crippen molar-refractivity contribution in [3.05, 3.63) is 101 Å². The lowest BCUT2D eigenvalue weighted by atomic mass is 9.70. The quantitative estimate of drug-likeness (QED) is 0.471. The number of anilines is 1. The Hall–Kier alpha value is -2.04. The molecule has 32 heavy (non-hydrogen) atoms. The molecule has 1 saturated heterocycles. The topological polar surface area (TPSA) is 15.7 Å². The Morgan fingerprint density at radius 1 is 0.812 bits per heavy atom. The van der Waals surface area contributed by atoms with E-state index in [0.717, 1.165) is 56.5 Å². The van der Waals surface area contributed by atoms with E-state index < -0.39 is 0 Å². The molecule has 2 aliphatic rings. The first-order valence-electron chi connectivity index (χ1n) is 11.2. The van der Waals surface area contributed by atoms with Gasteiger partial charge in [-0.3, -0.25) is 4.90 Å². The minimum absolute atomic E-state index is 0. The van der Waals surface area contributed by atoms with E-state index in [9.17, 15) is 0 Å². The van der Waals surface area contributed by atoms with Crippen molar-refractivity contribution in [2.75, 3.05) is 44.2 Å². The fourth-order valence-electron chi connectivity index (χ4n) is 5.14. The summed E-state index contributed by atoms with van der Waals surface area (Å²) < 4.78 is 6.15. The van der Waals surface area contributed by atoms with Crippen molar-refractivity contribution in [3.8, 4) is 0 Å². The van der Waals surface area contributed by atoms with Crippen molar-refractivity contribution in [2.45, 2.75) is 18.4 Å². The molecule has 168 valence electrons. The Bertz CT molecular complexity index is 1020. The SMILES string of the molecule is Cl.Clc1ccccc1N1CCN(CCC2(c3ccccc3)COCc3ccccc32)CC1. The van der Waals surface area contributed by atoms with Crippen LogP contribution in [0.4, 0.5) is 5.69 Å². The highest BCUT2D eigenvalue weighted by Crippen LogP contribution is 2.41. The Labute approximate surface area is 202 Å². The first-order valence-corrected chi connectivity index (χ1v) is 11.6. The van der Waals surface area contributed by atoms with Crippen LogP contribution in [0.5, 0.6) is 0 Å². The molecule has 0 radical (unpaired) electrons. The third kappa shape index (κ3) is 4.53. The molecule has 1 atom stereocenters. The number of nitrogens with zero attached hydrogens (tertiary/aromatic N) is 2. The van der Waals surface area contributed by atoms with Crippen LogP contribution in [0, 0.1) is 0 Å². The van der Waals surface area contributed by atoms with E-state index in [1.165, 1.54) is 16.7 Å². The van der Waals surface area contributed by atoms with Crippen LogP contribution in [-0.2, 0) is 16.8 Å². The zero-order valence-electron chi connectivity index (χ0n) is 18.3. The summed E-state index contributed by atoms with van der Waals surface area (Å²) in [5, 5.41) is 0.843. The molecule has 0 spiro atoms. The maximum Gasteiger partial charge on any atom is 0.0720 e. The molecule has 1 fully saturated rings. The molecule has 3 aromatic rings. The Morgan fingerprint density at radius 3 is 2.28 bits per heavy atom. The van der Waals surface area contributed by atoms with Crippen molar-refractivity contribution < 1.29 is 4.74 Å². The van der Waals surface area contributed by atoms with E-state index in [-0.39, 0.29) is 17.8 Å². The fourth-order valence-corrected chi connectivity index (χ4v) is 5.40. The van der Waals surface area contributed by atoms with Gasteiger partial charge < -0.3 is 9.64 Å². The summed E-state index contributed by atoms with van der Waals surface area (Å²) in [6, 6.07) is 27.9. The van der Waals surface area contributed by atoms with E-state index in [1.54, 1.807) is 0 Å². The van der Waals surface area contributed by atoms with Crippen LogP contribution in [0.1, 0.15) is 23.1 Å². The Morgan fingerprint density at radius 2 is 1.50 bits per heavy atom. The maximum absolute atomic E-state index is 6.42. The number of fused-ring (bicyclic) bond motifs is 1. The number of benzene rings is 3. The van der Waals surface area contributed by atoms with Crippen LogP contribution in [0.2, 0.25) is 5.02 Å². The number of halogens is 2. The molecule has 5 heteroatoms. The average Bonchev–Trinajstić information content (AvgIpc) is 2.84. The van der Waals surface area contributed by atoms with Crippen LogP contribution in [0.3, 0.4) is 0 Å². The molecule has 2 aliphatic heterocycles. The van der Waals surface area contributed by atoms with E-state index in [0.29, 0.717) is 6.61 Å². The van der Waals surface area contributed by atoms with Crippen LogP contribution < -0.4 is 4.90 Å². The van der Waals surface area contributed by atoms with Gasteiger partial charge in [0.1, 0.15) is 0 Å². The van der Waals surface area contributed by atoms with Crippen molar-refractivity contribution in [1.82, 2.24) is 4.90 Å². The van der Waals surface area contributed by atoms with Crippen LogP contribution in [0.25, 0.3) is 0 Å². The zero-order valence-corrected chi connectivity index (χ0v) is 19.8. The third-order valence-corrected chi connectivity index (χ3v) is 7.21. The fraction of sp³-hybridized carbons (Fsp3) is 0.333. The number of ether oxygens (including phenoxy) is 1. The van der Waals surface area contributed by atoms with Crippen molar-refractivity contribution in [3.63, 3.8) is 0 Å². The van der Waals surface area contributed by atoms with Gasteiger partial charge in [-0.15, -0.1) is 12.4 Å². The molecule has 1 unspecified atom stereocenters. The zero-order chi connectivity index (χ0) is 21.1. The van der Waals surface area contributed by atoms with Crippen molar-refractivity contribution in [1.29, 1.82) is 0 Å². The van der Waals surface area contributed by atoms with E-state index in [1.807, 2.05) is 12.1 Å². The second-order valence-corrected chi connectivity index (χ2v) is 9.04. The minimum atomic E-state index is -0.0873. The molecule has 0 aliphatic carbocycles. The van der Waals surface area contributed by atoms with Gasteiger partial charge in [0, 0.05) is 31.6 Å². The second-order valence-electron chi connectivity index (χ2n) is 8.63. The van der Waals surface area contributed by atoms with Gasteiger partial charge in [-0.2, -0.15) is 0 Å². The summed E-state index contributed by atoms with van der Waals surface area (Å²) in [7, 11) is 0. The van der Waals surface area contributed by atoms with E-state index in [2.05, 4.69) is 76.5 Å². The number of hydrogen-bond acceptors (Lipinski definition) is 3. The monoisotopic (exact) mass is 468 g/mol. The van der Waals surface area contributed by atoms with Gasteiger partial charge in [-0.1, -0.05) is 78.3 Å². The molecule has 0 saturated carbocycles. The molecule has 2 heterocycles. The second kappa shape index (κ2) is 10.3. The number of para-hydroxylation sites is 1. The predicted octanol–water partition coefficient (Wildman–Crippen LogP) is 5.79. The van der Waals surface area contributed by atoms with Crippen molar-refractivity contribution in [2.24, 2.45) is 0 Å². The summed E-state index contributed by atoms with van der Waals surface area (Å²) in [5.41, 5.74) is 5.18. The highest BCUT2D eigenvalue weighted by molar-refractivity contribution is 6.33. The van der Waals surface area contributed by atoms with Gasteiger partial charge in [-0.05, 0) is 41.8 Å². The van der Waals surface area contributed by atoms with Gasteiger partial charge in [0.15, 0.2) is 0 Å². The number of rotatable bonds is 5. The normalized spacial score (nSPS) is 21.0. The lowest BCUT2D eigenvalue weighted by molar-refractivity contribution is 0.0572. The van der Waals surface area contributed by atoms with Crippen molar-refractivity contribution >= 4 is 29.7 Å². The van der Waals surface area contributed by atoms with E-state index >= 15 is 0 Å². The Kier molecular flexibility index (Phi) is 7.42. The maximum atomic E-state index is 6.42. The van der Waals surface area contributed by atoms with E-state index in [4.69, 9.17) is 16.3 Å².